The summed E-state index contributed by atoms with van der Waals surface area (Å²) in [7, 11) is 0. The maximum Gasteiger partial charge on any atom is 0.240 e. The van der Waals surface area contributed by atoms with Gasteiger partial charge in [-0.05, 0) is 31.2 Å². The monoisotopic (exact) mass is 280 g/mol. The van der Waals surface area contributed by atoms with Gasteiger partial charge in [0.2, 0.25) is 5.91 Å². The van der Waals surface area contributed by atoms with Crippen molar-refractivity contribution in [3.8, 4) is 0 Å². The van der Waals surface area contributed by atoms with Crippen LogP contribution in [-0.4, -0.2) is 16.9 Å². The van der Waals surface area contributed by atoms with Crippen molar-refractivity contribution >= 4 is 33.9 Å². The van der Waals surface area contributed by atoms with E-state index in [0.29, 0.717) is 16.6 Å². The van der Waals surface area contributed by atoms with Crippen molar-refractivity contribution in [2.75, 3.05) is 10.6 Å². The fourth-order valence-corrected chi connectivity index (χ4v) is 2.43. The number of hydrogen-bond acceptors (Lipinski definition) is 5. The molecule has 1 aromatic carbocycles. The first-order chi connectivity index (χ1) is 8.99. The second kappa shape index (κ2) is 5.23. The molecule has 0 saturated carbocycles. The summed E-state index contributed by atoms with van der Waals surface area (Å²) in [4.78, 5) is 17.2. The van der Waals surface area contributed by atoms with E-state index in [1.54, 1.807) is 29.3 Å². The van der Waals surface area contributed by atoms with Crippen molar-refractivity contribution in [1.29, 1.82) is 0 Å². The number of carbonyl (C=O) groups is 1. The van der Waals surface area contributed by atoms with Gasteiger partial charge in [0.1, 0.15) is 17.7 Å². The predicted molar refractivity (Wildman–Crippen MR) is 73.7 cm³/mol. The predicted octanol–water partition coefficient (Wildman–Crippen LogP) is 1.88. The zero-order chi connectivity index (χ0) is 14.0. The summed E-state index contributed by atoms with van der Waals surface area (Å²) in [5.41, 5.74) is 11.6. The molecule has 0 aliphatic heterocycles. The van der Waals surface area contributed by atoms with Gasteiger partial charge in [0.15, 0.2) is 5.13 Å². The highest BCUT2D eigenvalue weighted by atomic mass is 32.1. The van der Waals surface area contributed by atoms with E-state index in [0.717, 1.165) is 0 Å². The molecular weight excluding hydrogens is 267 g/mol. The second-order valence-electron chi connectivity index (χ2n) is 3.98. The minimum atomic E-state index is -0.615. The quantitative estimate of drug-likeness (QED) is 0.895. The lowest BCUT2D eigenvalue weighted by atomic mass is 10.2. The lowest BCUT2D eigenvalue weighted by molar-refractivity contribution is -0.118. The molecule has 0 radical (unpaired) electrons. The molecule has 5 nitrogen and oxygen atoms in total. The van der Waals surface area contributed by atoms with Crippen LogP contribution < -0.4 is 16.4 Å². The van der Waals surface area contributed by atoms with E-state index in [1.807, 2.05) is 0 Å². The van der Waals surface area contributed by atoms with Gasteiger partial charge in [-0.3, -0.25) is 4.79 Å². The molecular formula is C12H13FN4OS. The Morgan fingerprint density at radius 1 is 1.42 bits per heavy atom. The molecule has 2 aromatic rings. The van der Waals surface area contributed by atoms with Gasteiger partial charge in [0.25, 0.3) is 0 Å². The fraction of sp³-hybridized carbons (Fsp3) is 0.167. The van der Waals surface area contributed by atoms with Crippen LogP contribution in [0.2, 0.25) is 0 Å². The third kappa shape index (κ3) is 2.82. The van der Waals surface area contributed by atoms with Crippen LogP contribution in [0.4, 0.5) is 21.0 Å². The van der Waals surface area contributed by atoms with Crippen LogP contribution in [0.3, 0.4) is 0 Å². The van der Waals surface area contributed by atoms with Gasteiger partial charge >= 0.3 is 0 Å². The number of carbonyl (C=O) groups excluding carboxylic acids is 1. The summed E-state index contributed by atoms with van der Waals surface area (Å²) >= 11 is 1.29. The summed E-state index contributed by atoms with van der Waals surface area (Å²) in [5.74, 6) is -0.490. The Hall–Kier alpha value is -2.15. The number of halogens is 1. The minimum Gasteiger partial charge on any atom is -0.383 e. The number of primary amides is 1. The molecule has 1 atom stereocenters. The average molecular weight is 280 g/mol. The third-order valence-corrected chi connectivity index (χ3v) is 3.48. The highest BCUT2D eigenvalue weighted by Crippen LogP contribution is 2.31. The molecule has 2 rings (SSSR count). The van der Waals surface area contributed by atoms with Gasteiger partial charge in [-0.2, -0.15) is 0 Å². The van der Waals surface area contributed by atoms with Crippen molar-refractivity contribution in [2.24, 2.45) is 5.73 Å². The zero-order valence-electron chi connectivity index (χ0n) is 10.2. The Labute approximate surface area is 113 Å². The van der Waals surface area contributed by atoms with Crippen LogP contribution in [0.5, 0.6) is 0 Å². The van der Waals surface area contributed by atoms with E-state index in [1.165, 1.54) is 23.5 Å². The molecule has 1 amide bonds. The molecule has 1 heterocycles. The first kappa shape index (κ1) is 13.3. The van der Waals surface area contributed by atoms with Gasteiger partial charge in [-0.25, -0.2) is 9.37 Å². The van der Waals surface area contributed by atoms with Gasteiger partial charge in [0, 0.05) is 11.1 Å². The Bertz CT molecular complexity index is 584. The maximum absolute atomic E-state index is 13.0. The molecule has 19 heavy (non-hydrogen) atoms. The van der Waals surface area contributed by atoms with Gasteiger partial charge in [-0.1, -0.05) is 0 Å². The zero-order valence-corrected chi connectivity index (χ0v) is 11.0. The summed E-state index contributed by atoms with van der Waals surface area (Å²) < 4.78 is 13.0. The highest BCUT2D eigenvalue weighted by molar-refractivity contribution is 7.14. The van der Waals surface area contributed by atoms with Crippen LogP contribution in [0.15, 0.2) is 29.6 Å². The number of amides is 1. The number of nitrogen functional groups attached to an aromatic ring is 1. The number of thiazole rings is 1. The summed E-state index contributed by atoms with van der Waals surface area (Å²) in [6.45, 7) is 1.66. The second-order valence-corrected chi connectivity index (χ2v) is 4.82. The Morgan fingerprint density at radius 2 is 2.05 bits per heavy atom. The molecule has 100 valence electrons. The summed E-state index contributed by atoms with van der Waals surface area (Å²) in [6.07, 6.45) is 0. The Balaban J connectivity index is 2.45. The van der Waals surface area contributed by atoms with Crippen LogP contribution in [-0.2, 0) is 4.79 Å². The molecule has 1 aromatic heterocycles. The van der Waals surface area contributed by atoms with Crippen LogP contribution in [0.1, 0.15) is 6.92 Å². The molecule has 1 unspecified atom stereocenters. The van der Waals surface area contributed by atoms with Crippen molar-refractivity contribution in [1.82, 2.24) is 4.98 Å². The van der Waals surface area contributed by atoms with Crippen LogP contribution in [0.25, 0.3) is 0 Å². The van der Waals surface area contributed by atoms with E-state index < -0.39 is 11.9 Å². The van der Waals surface area contributed by atoms with E-state index in [4.69, 9.17) is 11.5 Å². The lowest BCUT2D eigenvalue weighted by Gasteiger charge is -2.26. The topological polar surface area (TPSA) is 85.2 Å². The normalized spacial score (nSPS) is 12.1. The highest BCUT2D eigenvalue weighted by Gasteiger charge is 2.23. The van der Waals surface area contributed by atoms with Crippen molar-refractivity contribution < 1.29 is 9.18 Å². The third-order valence-electron chi connectivity index (χ3n) is 2.62. The average Bonchev–Trinajstić information content (AvgIpc) is 2.78. The van der Waals surface area contributed by atoms with Gasteiger partial charge < -0.3 is 16.4 Å². The van der Waals surface area contributed by atoms with Crippen LogP contribution in [0, 0.1) is 5.82 Å². The number of nitrogens with zero attached hydrogens (tertiary/aromatic N) is 2. The standard InChI is InChI=1S/C12H13FN4OS/c1-7(11(15)18)17(12-16-10(14)6-19-12)9-4-2-8(13)3-5-9/h2-7H,14H2,1H3,(H2,15,18). The molecule has 0 aliphatic rings. The Kier molecular flexibility index (Phi) is 3.66. The molecule has 0 aliphatic carbocycles. The number of benzene rings is 1. The fourth-order valence-electron chi connectivity index (χ4n) is 1.62. The molecule has 4 N–H and O–H groups in total. The first-order valence-electron chi connectivity index (χ1n) is 5.54. The number of hydrogen-bond donors (Lipinski definition) is 2. The SMILES string of the molecule is CC(C(N)=O)N(c1ccc(F)cc1)c1nc(N)cs1. The minimum absolute atomic E-state index is 0.353. The molecule has 0 spiro atoms. The lowest BCUT2D eigenvalue weighted by Crippen LogP contribution is -2.39. The number of aromatic nitrogens is 1. The van der Waals surface area contributed by atoms with Crippen molar-refractivity contribution in [3.05, 3.63) is 35.5 Å². The smallest absolute Gasteiger partial charge is 0.240 e. The summed E-state index contributed by atoms with van der Waals surface area (Å²) in [5, 5.41) is 2.20. The van der Waals surface area contributed by atoms with Crippen LogP contribution >= 0.6 is 11.3 Å². The number of rotatable bonds is 4. The molecule has 7 heteroatoms. The van der Waals surface area contributed by atoms with E-state index >= 15 is 0 Å². The van der Waals surface area contributed by atoms with E-state index in [2.05, 4.69) is 4.98 Å². The first-order valence-corrected chi connectivity index (χ1v) is 6.42. The van der Waals surface area contributed by atoms with Crippen molar-refractivity contribution in [2.45, 2.75) is 13.0 Å². The summed E-state index contributed by atoms with van der Waals surface area (Å²) in [6, 6.07) is 5.13. The van der Waals surface area contributed by atoms with E-state index in [9.17, 15) is 9.18 Å². The number of nitrogens with two attached hydrogens (primary N) is 2. The molecule has 0 saturated heterocycles. The van der Waals surface area contributed by atoms with Gasteiger partial charge in [-0.15, -0.1) is 11.3 Å². The molecule has 0 bridgehead atoms. The Morgan fingerprint density at radius 3 is 2.53 bits per heavy atom. The van der Waals surface area contributed by atoms with E-state index in [-0.39, 0.29) is 5.82 Å². The van der Waals surface area contributed by atoms with Gasteiger partial charge in [0.05, 0.1) is 0 Å². The number of anilines is 3. The largest absolute Gasteiger partial charge is 0.383 e. The van der Waals surface area contributed by atoms with Crippen molar-refractivity contribution in [3.63, 3.8) is 0 Å². The molecule has 0 fully saturated rings. The maximum atomic E-state index is 13.0.